The third kappa shape index (κ3) is 2.17. The molecule has 0 radical (unpaired) electrons. The van der Waals surface area contributed by atoms with Gasteiger partial charge in [-0.25, -0.2) is 0 Å². The smallest absolute Gasteiger partial charge is 0.000565 e. The van der Waals surface area contributed by atoms with Crippen molar-refractivity contribution < 1.29 is 0 Å². The fourth-order valence-electron chi connectivity index (χ4n) is 1.99. The largest absolute Gasteiger partial charge is 0.319 e. The summed E-state index contributed by atoms with van der Waals surface area (Å²) in [5, 5.41) is 6.71. The molecule has 0 aromatic heterocycles. The number of piperidine rings is 1. The van der Waals surface area contributed by atoms with Crippen LogP contribution in [0.4, 0.5) is 0 Å². The highest BCUT2D eigenvalue weighted by atomic mass is 14.9. The Hall–Kier alpha value is -0.0800. The molecule has 0 aromatic rings. The van der Waals surface area contributed by atoms with Gasteiger partial charge in [0.15, 0.2) is 0 Å². The summed E-state index contributed by atoms with van der Waals surface area (Å²) in [7, 11) is 2.06. The van der Waals surface area contributed by atoms with Crippen LogP contribution in [-0.2, 0) is 0 Å². The van der Waals surface area contributed by atoms with Crippen LogP contribution in [0.5, 0.6) is 0 Å². The van der Waals surface area contributed by atoms with Crippen LogP contribution in [-0.4, -0.2) is 26.7 Å². The third-order valence-electron chi connectivity index (χ3n) is 2.97. The van der Waals surface area contributed by atoms with Crippen molar-refractivity contribution in [3.8, 4) is 0 Å². The minimum Gasteiger partial charge on any atom is -0.319 e. The van der Waals surface area contributed by atoms with Gasteiger partial charge >= 0.3 is 0 Å². The summed E-state index contributed by atoms with van der Waals surface area (Å²) in [5.41, 5.74) is 0.597. The van der Waals surface area contributed by atoms with E-state index in [1.54, 1.807) is 0 Å². The summed E-state index contributed by atoms with van der Waals surface area (Å²) >= 11 is 0. The number of hydrogen-bond donors (Lipinski definition) is 2. The van der Waals surface area contributed by atoms with Crippen molar-refractivity contribution in [1.29, 1.82) is 0 Å². The Labute approximate surface area is 69.8 Å². The zero-order valence-electron chi connectivity index (χ0n) is 7.74. The van der Waals surface area contributed by atoms with Crippen molar-refractivity contribution in [2.45, 2.75) is 26.2 Å². The van der Waals surface area contributed by atoms with Gasteiger partial charge in [0.1, 0.15) is 0 Å². The Kier molecular flexibility index (Phi) is 3.34. The predicted molar refractivity (Wildman–Crippen MR) is 48.8 cm³/mol. The lowest BCUT2D eigenvalue weighted by molar-refractivity contribution is 0.190. The summed E-state index contributed by atoms with van der Waals surface area (Å²) in [5.74, 6) is 0. The van der Waals surface area contributed by atoms with Crippen LogP contribution in [0.25, 0.3) is 0 Å². The molecule has 1 heterocycles. The van der Waals surface area contributed by atoms with E-state index in [0.717, 1.165) is 0 Å². The monoisotopic (exact) mass is 156 g/mol. The second-order valence-corrected chi connectivity index (χ2v) is 3.63. The SMILES string of the molecule is CCC1(CNC)CCNCC1. The topological polar surface area (TPSA) is 24.1 Å². The Morgan fingerprint density at radius 3 is 2.45 bits per heavy atom. The Balaban J connectivity index is 2.42. The van der Waals surface area contributed by atoms with Crippen molar-refractivity contribution in [3.05, 3.63) is 0 Å². The lowest BCUT2D eigenvalue weighted by Crippen LogP contribution is -2.42. The van der Waals surface area contributed by atoms with Crippen LogP contribution >= 0.6 is 0 Å². The van der Waals surface area contributed by atoms with Crippen LogP contribution in [0.1, 0.15) is 26.2 Å². The molecule has 0 bridgehead atoms. The van der Waals surface area contributed by atoms with Gasteiger partial charge < -0.3 is 10.6 Å². The third-order valence-corrected chi connectivity index (χ3v) is 2.97. The molecule has 2 heteroatoms. The number of nitrogens with one attached hydrogen (secondary N) is 2. The van der Waals surface area contributed by atoms with Crippen LogP contribution < -0.4 is 10.6 Å². The first-order valence-corrected chi connectivity index (χ1v) is 4.68. The molecule has 0 aliphatic carbocycles. The second kappa shape index (κ2) is 4.07. The standard InChI is InChI=1S/C9H20N2/c1-3-9(8-10-2)4-6-11-7-5-9/h10-11H,3-8H2,1-2H3. The molecule has 0 unspecified atom stereocenters. The maximum atomic E-state index is 3.40. The minimum atomic E-state index is 0.597. The predicted octanol–water partition coefficient (Wildman–Crippen LogP) is 0.986. The van der Waals surface area contributed by atoms with E-state index in [1.807, 2.05) is 0 Å². The van der Waals surface area contributed by atoms with Crippen molar-refractivity contribution in [2.75, 3.05) is 26.7 Å². The van der Waals surface area contributed by atoms with Crippen molar-refractivity contribution in [2.24, 2.45) is 5.41 Å². The molecule has 1 rings (SSSR count). The molecule has 1 fully saturated rings. The summed E-state index contributed by atoms with van der Waals surface area (Å²) < 4.78 is 0. The van der Waals surface area contributed by atoms with E-state index in [9.17, 15) is 0 Å². The normalized spacial score (nSPS) is 23.5. The maximum absolute atomic E-state index is 3.40. The summed E-state index contributed by atoms with van der Waals surface area (Å²) in [6, 6.07) is 0. The molecule has 0 amide bonds. The van der Waals surface area contributed by atoms with E-state index < -0.39 is 0 Å². The van der Waals surface area contributed by atoms with Crippen LogP contribution in [0.3, 0.4) is 0 Å². The highest BCUT2D eigenvalue weighted by molar-refractivity contribution is 4.84. The van der Waals surface area contributed by atoms with Crippen LogP contribution in [0.2, 0.25) is 0 Å². The molecule has 0 atom stereocenters. The van der Waals surface area contributed by atoms with Gasteiger partial charge in [-0.1, -0.05) is 6.92 Å². The maximum Gasteiger partial charge on any atom is 0.000565 e. The minimum absolute atomic E-state index is 0.597. The van der Waals surface area contributed by atoms with Gasteiger partial charge in [0.25, 0.3) is 0 Å². The fourth-order valence-corrected chi connectivity index (χ4v) is 1.99. The van der Waals surface area contributed by atoms with E-state index in [1.165, 1.54) is 38.9 Å². The molecular weight excluding hydrogens is 136 g/mol. The average Bonchev–Trinajstić information content (AvgIpc) is 2.07. The van der Waals surface area contributed by atoms with E-state index in [0.29, 0.717) is 5.41 Å². The first-order chi connectivity index (χ1) is 5.33. The molecule has 66 valence electrons. The average molecular weight is 156 g/mol. The fraction of sp³-hybridized carbons (Fsp3) is 1.00. The summed E-state index contributed by atoms with van der Waals surface area (Å²) in [6.45, 7) is 5.90. The molecular formula is C9H20N2. The first kappa shape index (κ1) is 9.01. The van der Waals surface area contributed by atoms with E-state index in [-0.39, 0.29) is 0 Å². The van der Waals surface area contributed by atoms with E-state index in [4.69, 9.17) is 0 Å². The van der Waals surface area contributed by atoms with Gasteiger partial charge in [0.2, 0.25) is 0 Å². The number of rotatable bonds is 3. The summed E-state index contributed by atoms with van der Waals surface area (Å²) in [6.07, 6.45) is 3.99. The number of hydrogen-bond acceptors (Lipinski definition) is 2. The zero-order chi connectivity index (χ0) is 8.16. The first-order valence-electron chi connectivity index (χ1n) is 4.68. The van der Waals surface area contributed by atoms with Gasteiger partial charge in [-0.05, 0) is 44.8 Å². The molecule has 1 saturated heterocycles. The van der Waals surface area contributed by atoms with Crippen molar-refractivity contribution >= 4 is 0 Å². The Morgan fingerprint density at radius 2 is 2.00 bits per heavy atom. The molecule has 1 aliphatic rings. The van der Waals surface area contributed by atoms with E-state index >= 15 is 0 Å². The van der Waals surface area contributed by atoms with Crippen LogP contribution in [0.15, 0.2) is 0 Å². The molecule has 0 spiro atoms. The molecule has 2 nitrogen and oxygen atoms in total. The summed E-state index contributed by atoms with van der Waals surface area (Å²) in [4.78, 5) is 0. The van der Waals surface area contributed by atoms with Crippen molar-refractivity contribution in [1.82, 2.24) is 10.6 Å². The van der Waals surface area contributed by atoms with Crippen molar-refractivity contribution in [3.63, 3.8) is 0 Å². The highest BCUT2D eigenvalue weighted by Gasteiger charge is 2.28. The van der Waals surface area contributed by atoms with E-state index in [2.05, 4.69) is 24.6 Å². The Morgan fingerprint density at radius 1 is 1.36 bits per heavy atom. The molecule has 1 aliphatic heterocycles. The molecule has 11 heavy (non-hydrogen) atoms. The highest BCUT2D eigenvalue weighted by Crippen LogP contribution is 2.31. The molecule has 0 saturated carbocycles. The van der Waals surface area contributed by atoms with Gasteiger partial charge in [-0.2, -0.15) is 0 Å². The zero-order valence-corrected chi connectivity index (χ0v) is 7.74. The van der Waals surface area contributed by atoms with Gasteiger partial charge in [-0.15, -0.1) is 0 Å². The molecule has 0 aromatic carbocycles. The quantitative estimate of drug-likeness (QED) is 0.636. The van der Waals surface area contributed by atoms with Gasteiger partial charge in [-0.3, -0.25) is 0 Å². The van der Waals surface area contributed by atoms with Gasteiger partial charge in [0, 0.05) is 6.54 Å². The van der Waals surface area contributed by atoms with Crippen LogP contribution in [0, 0.1) is 5.41 Å². The van der Waals surface area contributed by atoms with Gasteiger partial charge in [0.05, 0.1) is 0 Å². The Bertz CT molecular complexity index is 101. The molecule has 2 N–H and O–H groups in total. The lowest BCUT2D eigenvalue weighted by Gasteiger charge is -2.36. The second-order valence-electron chi connectivity index (χ2n) is 3.63. The lowest BCUT2D eigenvalue weighted by atomic mass is 9.77.